The van der Waals surface area contributed by atoms with Gasteiger partial charge in [0.1, 0.15) is 0 Å². The third-order valence-corrected chi connectivity index (χ3v) is 2.75. The average Bonchev–Trinajstić information content (AvgIpc) is 2.36. The highest BCUT2D eigenvalue weighted by molar-refractivity contribution is 5.89. The Morgan fingerprint density at radius 3 is 2.24 bits per heavy atom. The van der Waals surface area contributed by atoms with Crippen LogP contribution in [0.3, 0.4) is 0 Å². The quantitative estimate of drug-likeness (QED) is 0.524. The van der Waals surface area contributed by atoms with E-state index in [1.807, 2.05) is 0 Å². The molecule has 21 heavy (non-hydrogen) atoms. The summed E-state index contributed by atoms with van der Waals surface area (Å²) < 4.78 is 25.5. The molecule has 0 saturated carbocycles. The highest BCUT2D eigenvalue weighted by Gasteiger charge is 2.45. The fourth-order valence-corrected chi connectivity index (χ4v) is 1.69. The van der Waals surface area contributed by atoms with E-state index < -0.39 is 42.0 Å². The lowest BCUT2D eigenvalue weighted by molar-refractivity contribution is -0.293. The monoisotopic (exact) mass is 304 g/mol. The van der Waals surface area contributed by atoms with Crippen LogP contribution in [0.2, 0.25) is 0 Å². The fourth-order valence-electron chi connectivity index (χ4n) is 1.69. The summed E-state index contributed by atoms with van der Waals surface area (Å²) in [7, 11) is 1.42. The minimum absolute atomic E-state index is 0.131. The standard InChI is InChI=1S/C13H20O8/c1-7(14)19-9-6-18-12(21-13(3,4)17-5)10(16)11(9)20-8(2)15/h9,11-12H,6H2,1-5H3/t9-,11-,12+/m1/s1. The summed E-state index contributed by atoms with van der Waals surface area (Å²) in [5, 5.41) is 0. The van der Waals surface area contributed by atoms with E-state index in [4.69, 9.17) is 23.7 Å². The molecule has 0 spiro atoms. The van der Waals surface area contributed by atoms with Gasteiger partial charge in [-0.05, 0) is 13.8 Å². The largest absolute Gasteiger partial charge is 0.456 e. The van der Waals surface area contributed by atoms with Gasteiger partial charge in [-0.1, -0.05) is 0 Å². The summed E-state index contributed by atoms with van der Waals surface area (Å²) >= 11 is 0. The van der Waals surface area contributed by atoms with Crippen LogP contribution in [0.15, 0.2) is 0 Å². The van der Waals surface area contributed by atoms with Crippen LogP contribution in [0.5, 0.6) is 0 Å². The van der Waals surface area contributed by atoms with E-state index in [2.05, 4.69) is 0 Å². The molecule has 0 aromatic rings. The van der Waals surface area contributed by atoms with Gasteiger partial charge in [0, 0.05) is 21.0 Å². The van der Waals surface area contributed by atoms with Crippen molar-refractivity contribution < 1.29 is 38.1 Å². The smallest absolute Gasteiger partial charge is 0.303 e. The molecule has 120 valence electrons. The first-order chi connectivity index (χ1) is 9.66. The number of methoxy groups -OCH3 is 1. The van der Waals surface area contributed by atoms with Crippen molar-refractivity contribution in [2.75, 3.05) is 13.7 Å². The minimum Gasteiger partial charge on any atom is -0.456 e. The zero-order valence-corrected chi connectivity index (χ0v) is 12.7. The molecule has 1 saturated heterocycles. The second-order valence-electron chi connectivity index (χ2n) is 4.97. The molecule has 0 aromatic carbocycles. The highest BCUT2D eigenvalue weighted by Crippen LogP contribution is 2.22. The van der Waals surface area contributed by atoms with Gasteiger partial charge in [0.15, 0.2) is 11.9 Å². The van der Waals surface area contributed by atoms with Gasteiger partial charge in [0.25, 0.3) is 0 Å². The molecular formula is C13H20O8. The van der Waals surface area contributed by atoms with E-state index in [0.717, 1.165) is 6.92 Å². The number of ketones is 1. The van der Waals surface area contributed by atoms with E-state index in [1.54, 1.807) is 13.8 Å². The van der Waals surface area contributed by atoms with Crippen LogP contribution < -0.4 is 0 Å². The first-order valence-electron chi connectivity index (χ1n) is 6.39. The Labute approximate surface area is 122 Å². The maximum Gasteiger partial charge on any atom is 0.303 e. The van der Waals surface area contributed by atoms with E-state index >= 15 is 0 Å². The Morgan fingerprint density at radius 2 is 1.76 bits per heavy atom. The molecule has 0 amide bonds. The van der Waals surface area contributed by atoms with Gasteiger partial charge in [-0.15, -0.1) is 0 Å². The third-order valence-electron chi connectivity index (χ3n) is 2.75. The normalized spacial score (nSPS) is 26.3. The zero-order chi connectivity index (χ0) is 16.2. The van der Waals surface area contributed by atoms with Crippen LogP contribution in [0.4, 0.5) is 0 Å². The Balaban J connectivity index is 2.85. The van der Waals surface area contributed by atoms with Crippen LogP contribution in [-0.4, -0.2) is 55.7 Å². The maximum absolute atomic E-state index is 12.3. The minimum atomic E-state index is -1.27. The molecule has 1 aliphatic heterocycles. The number of ether oxygens (including phenoxy) is 5. The van der Waals surface area contributed by atoms with Crippen LogP contribution in [0, 0.1) is 0 Å². The van der Waals surface area contributed by atoms with Crippen LogP contribution >= 0.6 is 0 Å². The van der Waals surface area contributed by atoms with Gasteiger partial charge < -0.3 is 23.7 Å². The van der Waals surface area contributed by atoms with Gasteiger partial charge in [0.2, 0.25) is 18.2 Å². The molecule has 1 rings (SSSR count). The molecule has 0 aliphatic carbocycles. The van der Waals surface area contributed by atoms with Crippen molar-refractivity contribution >= 4 is 17.7 Å². The third kappa shape index (κ3) is 5.07. The molecule has 1 fully saturated rings. The lowest BCUT2D eigenvalue weighted by Crippen LogP contribution is -2.55. The molecule has 0 bridgehead atoms. The second-order valence-corrected chi connectivity index (χ2v) is 4.97. The first kappa shape index (κ1) is 17.5. The summed E-state index contributed by atoms with van der Waals surface area (Å²) in [4.78, 5) is 34.4. The Hall–Kier alpha value is -1.51. The molecule has 1 aliphatic rings. The van der Waals surface area contributed by atoms with Gasteiger partial charge in [-0.3, -0.25) is 14.4 Å². The number of rotatable bonds is 5. The van der Waals surface area contributed by atoms with E-state index in [1.165, 1.54) is 14.0 Å². The number of hydrogen-bond donors (Lipinski definition) is 0. The number of hydrogen-bond acceptors (Lipinski definition) is 8. The van der Waals surface area contributed by atoms with E-state index in [0.29, 0.717) is 0 Å². The molecule has 0 N–H and O–H groups in total. The number of esters is 2. The fraction of sp³-hybridized carbons (Fsp3) is 0.769. The predicted octanol–water partition coefficient (Wildman–Crippen LogP) is 0.174. The summed E-state index contributed by atoms with van der Waals surface area (Å²) in [5.41, 5.74) is 0. The van der Waals surface area contributed by atoms with E-state index in [9.17, 15) is 14.4 Å². The Morgan fingerprint density at radius 1 is 1.19 bits per heavy atom. The molecule has 0 unspecified atom stereocenters. The van der Waals surface area contributed by atoms with Crippen LogP contribution in [0.1, 0.15) is 27.7 Å². The van der Waals surface area contributed by atoms with Crippen LogP contribution in [0.25, 0.3) is 0 Å². The second kappa shape index (κ2) is 6.97. The van der Waals surface area contributed by atoms with Crippen molar-refractivity contribution in [3.05, 3.63) is 0 Å². The molecule has 3 atom stereocenters. The maximum atomic E-state index is 12.3. The summed E-state index contributed by atoms with van der Waals surface area (Å²) in [5.74, 6) is -2.98. The first-order valence-corrected chi connectivity index (χ1v) is 6.39. The number of carbonyl (C=O) groups excluding carboxylic acids is 3. The molecular weight excluding hydrogens is 284 g/mol. The molecule has 0 radical (unpaired) electrons. The zero-order valence-electron chi connectivity index (χ0n) is 12.7. The van der Waals surface area contributed by atoms with Crippen molar-refractivity contribution in [2.24, 2.45) is 0 Å². The number of carbonyl (C=O) groups is 3. The van der Waals surface area contributed by atoms with Crippen molar-refractivity contribution in [2.45, 2.75) is 52.0 Å². The van der Waals surface area contributed by atoms with E-state index in [-0.39, 0.29) is 6.61 Å². The van der Waals surface area contributed by atoms with Gasteiger partial charge in [-0.25, -0.2) is 0 Å². The van der Waals surface area contributed by atoms with Gasteiger partial charge in [0.05, 0.1) is 6.61 Å². The topological polar surface area (TPSA) is 97.4 Å². The van der Waals surface area contributed by atoms with Crippen LogP contribution in [-0.2, 0) is 38.1 Å². The molecule has 8 nitrogen and oxygen atoms in total. The summed E-state index contributed by atoms with van der Waals surface area (Å²) in [6.45, 7) is 5.41. The van der Waals surface area contributed by atoms with Gasteiger partial charge >= 0.3 is 11.9 Å². The van der Waals surface area contributed by atoms with Crippen molar-refractivity contribution in [3.8, 4) is 0 Å². The predicted molar refractivity (Wildman–Crippen MR) is 68.0 cm³/mol. The molecule has 0 aromatic heterocycles. The number of Topliss-reactive ketones (excluding diaryl/α,β-unsaturated/α-hetero) is 1. The summed E-state index contributed by atoms with van der Waals surface area (Å²) in [6, 6.07) is 0. The highest BCUT2D eigenvalue weighted by atomic mass is 16.8. The Bertz CT molecular complexity index is 416. The summed E-state index contributed by atoms with van der Waals surface area (Å²) in [6.07, 6.45) is -3.53. The SMILES string of the molecule is COC(C)(C)O[C@@H]1OC[C@@H](OC(C)=O)[C@@H](OC(C)=O)C1=O. The lowest BCUT2D eigenvalue weighted by atomic mass is 10.1. The average molecular weight is 304 g/mol. The molecule has 1 heterocycles. The molecule has 8 heteroatoms. The van der Waals surface area contributed by atoms with Crippen molar-refractivity contribution in [1.29, 1.82) is 0 Å². The van der Waals surface area contributed by atoms with Crippen molar-refractivity contribution in [3.63, 3.8) is 0 Å². The van der Waals surface area contributed by atoms with Gasteiger partial charge in [-0.2, -0.15) is 0 Å². The lowest BCUT2D eigenvalue weighted by Gasteiger charge is -2.36. The Kier molecular flexibility index (Phi) is 5.82. The van der Waals surface area contributed by atoms with Crippen molar-refractivity contribution in [1.82, 2.24) is 0 Å².